The second-order valence-electron chi connectivity index (χ2n) is 7.92. The topological polar surface area (TPSA) is 0 Å². The predicted molar refractivity (Wildman–Crippen MR) is 113 cm³/mol. The van der Waals surface area contributed by atoms with Gasteiger partial charge < -0.3 is 0 Å². The summed E-state index contributed by atoms with van der Waals surface area (Å²) in [7, 11) is -0.834. The summed E-state index contributed by atoms with van der Waals surface area (Å²) >= 11 is 0. The van der Waals surface area contributed by atoms with E-state index in [-0.39, 0.29) is 0 Å². The summed E-state index contributed by atoms with van der Waals surface area (Å²) < 4.78 is 0. The number of benzene rings is 1. The van der Waals surface area contributed by atoms with Gasteiger partial charge in [0, 0.05) is 11.1 Å². The smallest absolute Gasteiger partial charge is 0.0655 e. The molecule has 0 spiro atoms. The van der Waals surface area contributed by atoms with Gasteiger partial charge in [-0.05, 0) is 77.7 Å². The zero-order valence-corrected chi connectivity index (χ0v) is 18.0. The van der Waals surface area contributed by atoms with Gasteiger partial charge >= 0.3 is 0 Å². The summed E-state index contributed by atoms with van der Waals surface area (Å²) in [6.07, 6.45) is 0. The van der Waals surface area contributed by atoms with Crippen LogP contribution in [-0.4, -0.2) is 8.80 Å². The molecule has 0 aliphatic heterocycles. The quantitative estimate of drug-likeness (QED) is 0.547. The first-order chi connectivity index (χ1) is 11.8. The SMILES string of the molecule is CC1=C(C)C([Si](c2ccccc2)C2C(C)=C(C)C(C)=C2C)C(C)=C1C. The minimum atomic E-state index is -0.834. The third-order valence-corrected chi connectivity index (χ3v) is 10.9. The molecule has 1 aromatic carbocycles. The average Bonchev–Trinajstić information content (AvgIpc) is 2.92. The van der Waals surface area contributed by atoms with Crippen LogP contribution in [0.3, 0.4) is 0 Å². The minimum Gasteiger partial charge on any atom is -0.0655 e. The minimum absolute atomic E-state index is 0.612. The van der Waals surface area contributed by atoms with Crippen LogP contribution in [0.5, 0.6) is 0 Å². The van der Waals surface area contributed by atoms with Gasteiger partial charge in [0.2, 0.25) is 0 Å². The molecule has 0 N–H and O–H groups in total. The van der Waals surface area contributed by atoms with E-state index in [4.69, 9.17) is 0 Å². The molecule has 0 heterocycles. The molecule has 0 fully saturated rings. The lowest BCUT2D eigenvalue weighted by Gasteiger charge is -2.33. The van der Waals surface area contributed by atoms with Crippen LogP contribution in [0.4, 0.5) is 0 Å². The Morgan fingerprint density at radius 3 is 1.16 bits per heavy atom. The molecule has 0 saturated carbocycles. The molecule has 0 amide bonds. The number of allylic oxidation sites excluding steroid dienone is 8. The van der Waals surface area contributed by atoms with Gasteiger partial charge in [-0.1, -0.05) is 57.8 Å². The Morgan fingerprint density at radius 1 is 0.520 bits per heavy atom. The first-order valence-corrected chi connectivity index (χ1v) is 11.0. The van der Waals surface area contributed by atoms with Crippen molar-refractivity contribution in [2.75, 3.05) is 0 Å². The van der Waals surface area contributed by atoms with Crippen molar-refractivity contribution in [1.29, 1.82) is 0 Å². The highest BCUT2D eigenvalue weighted by molar-refractivity contribution is 6.78. The highest BCUT2D eigenvalue weighted by Crippen LogP contribution is 2.51. The van der Waals surface area contributed by atoms with E-state index < -0.39 is 8.80 Å². The number of hydrogen-bond donors (Lipinski definition) is 0. The van der Waals surface area contributed by atoms with Crippen LogP contribution in [0.1, 0.15) is 55.4 Å². The monoisotopic (exact) mass is 347 g/mol. The molecule has 1 aromatic rings. The molecule has 0 aromatic heterocycles. The molecule has 25 heavy (non-hydrogen) atoms. The lowest BCUT2D eigenvalue weighted by Crippen LogP contribution is -2.40. The molecule has 0 atom stereocenters. The van der Waals surface area contributed by atoms with Gasteiger partial charge in [-0.15, -0.1) is 0 Å². The maximum Gasteiger partial charge on any atom is 0.109 e. The van der Waals surface area contributed by atoms with Crippen molar-refractivity contribution in [2.24, 2.45) is 0 Å². The van der Waals surface area contributed by atoms with Crippen LogP contribution in [0.15, 0.2) is 74.9 Å². The Balaban J connectivity index is 2.21. The van der Waals surface area contributed by atoms with Gasteiger partial charge in [-0.3, -0.25) is 0 Å². The van der Waals surface area contributed by atoms with Crippen molar-refractivity contribution in [2.45, 2.75) is 66.5 Å². The number of rotatable bonds is 3. The number of hydrogen-bond acceptors (Lipinski definition) is 0. The van der Waals surface area contributed by atoms with E-state index in [2.05, 4.69) is 85.7 Å². The van der Waals surface area contributed by atoms with Crippen molar-refractivity contribution < 1.29 is 0 Å². The van der Waals surface area contributed by atoms with E-state index in [0.29, 0.717) is 11.1 Å². The molecule has 1 heteroatoms. The summed E-state index contributed by atoms with van der Waals surface area (Å²) in [6, 6.07) is 11.3. The molecule has 0 nitrogen and oxygen atoms in total. The Labute approximate surface area is 155 Å². The third kappa shape index (κ3) is 2.73. The summed E-state index contributed by atoms with van der Waals surface area (Å²) in [5, 5.41) is 1.57. The van der Waals surface area contributed by atoms with Crippen LogP contribution < -0.4 is 5.19 Å². The lowest BCUT2D eigenvalue weighted by molar-refractivity contribution is 1.02. The van der Waals surface area contributed by atoms with E-state index in [9.17, 15) is 0 Å². The van der Waals surface area contributed by atoms with E-state index in [1.54, 1.807) is 27.5 Å². The average molecular weight is 348 g/mol. The summed E-state index contributed by atoms with van der Waals surface area (Å²) in [4.78, 5) is 0. The second-order valence-corrected chi connectivity index (χ2v) is 10.6. The van der Waals surface area contributed by atoms with E-state index in [1.165, 1.54) is 22.3 Å². The van der Waals surface area contributed by atoms with Crippen molar-refractivity contribution >= 4 is 14.0 Å². The van der Waals surface area contributed by atoms with Crippen LogP contribution in [0.2, 0.25) is 11.1 Å². The van der Waals surface area contributed by atoms with E-state index in [0.717, 1.165) is 0 Å². The van der Waals surface area contributed by atoms with Crippen LogP contribution in [-0.2, 0) is 0 Å². The van der Waals surface area contributed by atoms with Gasteiger partial charge in [-0.25, -0.2) is 0 Å². The zero-order chi connectivity index (χ0) is 18.5. The first kappa shape index (κ1) is 18.2. The summed E-state index contributed by atoms with van der Waals surface area (Å²) in [6.45, 7) is 18.8. The van der Waals surface area contributed by atoms with Crippen LogP contribution in [0, 0.1) is 0 Å². The van der Waals surface area contributed by atoms with Crippen LogP contribution >= 0.6 is 0 Å². The largest absolute Gasteiger partial charge is 0.109 e. The highest BCUT2D eigenvalue weighted by atomic mass is 28.3. The maximum absolute atomic E-state index is 2.38. The van der Waals surface area contributed by atoms with Crippen molar-refractivity contribution in [1.82, 2.24) is 0 Å². The normalized spacial score (nSPS) is 20.2. The van der Waals surface area contributed by atoms with Crippen LogP contribution in [0.25, 0.3) is 0 Å². The lowest BCUT2D eigenvalue weighted by atomic mass is 10.1. The predicted octanol–water partition coefficient (Wildman–Crippen LogP) is 6.50. The third-order valence-electron chi connectivity index (χ3n) is 6.95. The fourth-order valence-corrected chi connectivity index (χ4v) is 9.07. The van der Waals surface area contributed by atoms with Gasteiger partial charge in [0.1, 0.15) is 8.80 Å². The fourth-order valence-electron chi connectivity index (χ4n) is 4.76. The van der Waals surface area contributed by atoms with Crippen molar-refractivity contribution in [3.8, 4) is 0 Å². The molecular formula is C24H31Si. The Bertz CT molecular complexity index is 730. The summed E-state index contributed by atoms with van der Waals surface area (Å²) in [5.41, 5.74) is 13.7. The standard InChI is InChI=1S/C24H31Si/c1-14-15(2)19(6)23(18(14)5)25(22-12-10-9-11-13-22)24-20(7)16(3)17(4)21(24)8/h9-13,23-24H,1-8H3. The molecule has 3 rings (SSSR count). The van der Waals surface area contributed by atoms with E-state index in [1.807, 2.05) is 0 Å². The molecule has 1 radical (unpaired) electrons. The second kappa shape index (κ2) is 6.61. The first-order valence-electron chi connectivity index (χ1n) is 9.39. The van der Waals surface area contributed by atoms with Gasteiger partial charge in [-0.2, -0.15) is 0 Å². The fraction of sp³-hybridized carbons (Fsp3) is 0.417. The van der Waals surface area contributed by atoms with Gasteiger partial charge in [0.25, 0.3) is 0 Å². The van der Waals surface area contributed by atoms with E-state index >= 15 is 0 Å². The molecule has 0 unspecified atom stereocenters. The molecule has 2 aliphatic carbocycles. The van der Waals surface area contributed by atoms with Gasteiger partial charge in [0.15, 0.2) is 0 Å². The van der Waals surface area contributed by atoms with Gasteiger partial charge in [0.05, 0.1) is 0 Å². The van der Waals surface area contributed by atoms with Crippen molar-refractivity contribution in [3.63, 3.8) is 0 Å². The summed E-state index contributed by atoms with van der Waals surface area (Å²) in [5.74, 6) is 0. The Morgan fingerprint density at radius 2 is 0.840 bits per heavy atom. The van der Waals surface area contributed by atoms with Crippen molar-refractivity contribution in [3.05, 3.63) is 74.9 Å². The maximum atomic E-state index is 2.38. The molecular weight excluding hydrogens is 316 g/mol. The molecule has 131 valence electrons. The molecule has 0 bridgehead atoms. The highest BCUT2D eigenvalue weighted by Gasteiger charge is 2.42. The Hall–Kier alpha value is -1.60. The molecule has 0 saturated heterocycles. The Kier molecular flexibility index (Phi) is 4.81. The molecule has 2 aliphatic rings. The zero-order valence-electron chi connectivity index (χ0n) is 17.0.